The molecular weight excluding hydrogens is 310 g/mol. The summed E-state index contributed by atoms with van der Waals surface area (Å²) < 4.78 is 5.90. The summed E-state index contributed by atoms with van der Waals surface area (Å²) in [6.45, 7) is 4.93. The van der Waals surface area contributed by atoms with Gasteiger partial charge in [-0.2, -0.15) is 0 Å². The fourth-order valence-corrected chi connectivity index (χ4v) is 3.62. The summed E-state index contributed by atoms with van der Waals surface area (Å²) in [4.78, 5) is 4.77. The highest BCUT2D eigenvalue weighted by Crippen LogP contribution is 2.32. The highest BCUT2D eigenvalue weighted by molar-refractivity contribution is 5.99. The van der Waals surface area contributed by atoms with Crippen molar-refractivity contribution in [2.45, 2.75) is 45.6 Å². The van der Waals surface area contributed by atoms with E-state index in [2.05, 4.69) is 50.2 Å². The van der Waals surface area contributed by atoms with Crippen LogP contribution >= 0.6 is 0 Å². The van der Waals surface area contributed by atoms with Crippen LogP contribution in [0.5, 0.6) is 5.75 Å². The van der Waals surface area contributed by atoms with Crippen molar-refractivity contribution < 1.29 is 9.84 Å². The molecule has 130 valence electrons. The Hall–Kier alpha value is -2.29. The number of aromatic hydroxyl groups is 1. The number of aliphatic imine (C=N–C) groups is 1. The molecule has 1 atom stereocenters. The molecule has 0 unspecified atom stereocenters. The van der Waals surface area contributed by atoms with Gasteiger partial charge < -0.3 is 9.84 Å². The molecule has 1 aliphatic heterocycles. The Balaban J connectivity index is 1.76. The minimum atomic E-state index is 0.177. The Bertz CT molecular complexity index is 806. The molecule has 0 radical (unpaired) electrons. The van der Waals surface area contributed by atoms with Crippen LogP contribution in [-0.2, 0) is 30.4 Å². The smallest absolute Gasteiger partial charge is 0.220 e. The lowest BCUT2D eigenvalue weighted by Crippen LogP contribution is -2.13. The fourth-order valence-electron chi connectivity index (χ4n) is 3.62. The van der Waals surface area contributed by atoms with Gasteiger partial charge in [-0.25, -0.2) is 4.99 Å². The third-order valence-corrected chi connectivity index (χ3v) is 5.39. The number of benzene rings is 2. The number of hydrogen-bond acceptors (Lipinski definition) is 3. The topological polar surface area (TPSA) is 41.8 Å². The Morgan fingerprint density at radius 1 is 0.920 bits per heavy atom. The Morgan fingerprint density at radius 3 is 2.12 bits per heavy atom. The average molecular weight is 335 g/mol. The zero-order valence-corrected chi connectivity index (χ0v) is 15.0. The van der Waals surface area contributed by atoms with Crippen molar-refractivity contribution in [2.75, 3.05) is 6.61 Å². The van der Waals surface area contributed by atoms with Crippen LogP contribution in [0.15, 0.2) is 41.4 Å². The van der Waals surface area contributed by atoms with Gasteiger partial charge in [-0.05, 0) is 53.9 Å². The van der Waals surface area contributed by atoms with Gasteiger partial charge in [-0.15, -0.1) is 0 Å². The molecule has 3 heteroatoms. The molecule has 7 rings (SSSR count). The van der Waals surface area contributed by atoms with Gasteiger partial charge in [0.2, 0.25) is 5.90 Å². The highest BCUT2D eigenvalue weighted by Gasteiger charge is 2.27. The lowest BCUT2D eigenvalue weighted by molar-refractivity contribution is 0.291. The lowest BCUT2D eigenvalue weighted by atomic mass is 9.92. The predicted octanol–water partition coefficient (Wildman–Crippen LogP) is 4.08. The number of hydrogen-bond donors (Lipinski definition) is 1. The standard InChI is InChI=1S/C22H25NO2/c1-14(2)19-13-25-22(23-19)20-17-9-7-15-3-5-16(6-4-15)8-10-18(12-11-17)21(20)24/h3-6,11-12,14,19,24H,7-10,13H2,1-2H3/t19-/m0/s1. The van der Waals surface area contributed by atoms with E-state index in [-0.39, 0.29) is 6.04 Å². The average Bonchev–Trinajstić information content (AvgIpc) is 3.08. The highest BCUT2D eigenvalue weighted by atomic mass is 16.5. The van der Waals surface area contributed by atoms with E-state index in [1.807, 2.05) is 0 Å². The monoisotopic (exact) mass is 335 g/mol. The maximum Gasteiger partial charge on any atom is 0.220 e. The fraction of sp³-hybridized carbons (Fsp3) is 0.409. The van der Waals surface area contributed by atoms with Crippen LogP contribution in [0.4, 0.5) is 0 Å². The SMILES string of the molecule is CC(C)[C@@H]1COC(c2c3ccc(c2O)CCc2ccc(cc2)CC3)=N1. The molecule has 5 aliphatic rings. The molecule has 0 saturated carbocycles. The molecule has 2 aromatic rings. The molecule has 0 amide bonds. The van der Waals surface area contributed by atoms with Gasteiger partial charge in [-0.3, -0.25) is 0 Å². The quantitative estimate of drug-likeness (QED) is 0.898. The van der Waals surface area contributed by atoms with E-state index in [4.69, 9.17) is 9.73 Å². The molecule has 2 aromatic carbocycles. The van der Waals surface area contributed by atoms with Crippen LogP contribution in [0.2, 0.25) is 0 Å². The minimum Gasteiger partial charge on any atom is -0.507 e. The molecule has 1 N–H and O–H groups in total. The van der Waals surface area contributed by atoms with E-state index < -0.39 is 0 Å². The van der Waals surface area contributed by atoms with Crippen LogP contribution in [0.3, 0.4) is 0 Å². The van der Waals surface area contributed by atoms with Crippen LogP contribution in [0.1, 0.15) is 41.7 Å². The number of phenolic OH excluding ortho intramolecular Hbond substituents is 1. The maximum atomic E-state index is 11.0. The van der Waals surface area contributed by atoms with Gasteiger partial charge in [0.15, 0.2) is 0 Å². The second-order valence-corrected chi connectivity index (χ2v) is 7.48. The van der Waals surface area contributed by atoms with Crippen LogP contribution in [0, 0.1) is 5.92 Å². The molecule has 0 saturated heterocycles. The van der Waals surface area contributed by atoms with E-state index in [1.165, 1.54) is 11.1 Å². The van der Waals surface area contributed by atoms with Crippen molar-refractivity contribution in [1.29, 1.82) is 0 Å². The molecule has 25 heavy (non-hydrogen) atoms. The Morgan fingerprint density at radius 2 is 1.52 bits per heavy atom. The van der Waals surface area contributed by atoms with Gasteiger partial charge in [0.05, 0.1) is 11.6 Å². The molecule has 1 heterocycles. The summed E-state index contributed by atoms with van der Waals surface area (Å²) in [5.41, 5.74) is 5.55. The number of rotatable bonds is 2. The van der Waals surface area contributed by atoms with Crippen LogP contribution < -0.4 is 0 Å². The third kappa shape index (κ3) is 3.15. The summed E-state index contributed by atoms with van der Waals surface area (Å²) in [5.74, 6) is 1.42. The molecule has 0 aromatic heterocycles. The molecule has 4 bridgehead atoms. The maximum absolute atomic E-state index is 11.0. The van der Waals surface area contributed by atoms with E-state index in [9.17, 15) is 5.11 Å². The van der Waals surface area contributed by atoms with Crippen molar-refractivity contribution in [1.82, 2.24) is 0 Å². The van der Waals surface area contributed by atoms with E-state index in [0.29, 0.717) is 24.2 Å². The normalized spacial score (nSPS) is 19.5. The van der Waals surface area contributed by atoms with E-state index in [1.54, 1.807) is 0 Å². The molecule has 3 nitrogen and oxygen atoms in total. The minimum absolute atomic E-state index is 0.177. The largest absolute Gasteiger partial charge is 0.507 e. The second-order valence-electron chi connectivity index (χ2n) is 7.48. The van der Waals surface area contributed by atoms with Crippen molar-refractivity contribution in [3.63, 3.8) is 0 Å². The lowest BCUT2D eigenvalue weighted by Gasteiger charge is -2.16. The van der Waals surface area contributed by atoms with Crippen molar-refractivity contribution in [2.24, 2.45) is 10.9 Å². The van der Waals surface area contributed by atoms with E-state index >= 15 is 0 Å². The van der Waals surface area contributed by atoms with Gasteiger partial charge >= 0.3 is 0 Å². The summed E-state index contributed by atoms with van der Waals surface area (Å²) in [5, 5.41) is 11.0. The number of nitrogens with zero attached hydrogens (tertiary/aromatic N) is 1. The predicted molar refractivity (Wildman–Crippen MR) is 100 cm³/mol. The number of phenols is 1. The first-order valence-electron chi connectivity index (χ1n) is 9.24. The molecular formula is C22H25NO2. The summed E-state index contributed by atoms with van der Waals surface area (Å²) in [7, 11) is 0. The zero-order valence-electron chi connectivity index (χ0n) is 15.0. The number of ether oxygens (including phenoxy) is 1. The molecule has 0 spiro atoms. The van der Waals surface area contributed by atoms with Gasteiger partial charge in [-0.1, -0.05) is 50.2 Å². The number of aryl methyl sites for hydroxylation is 4. The first-order valence-corrected chi connectivity index (χ1v) is 9.24. The molecule has 0 fully saturated rings. The molecule has 4 aliphatic carbocycles. The van der Waals surface area contributed by atoms with Gasteiger partial charge in [0.1, 0.15) is 12.4 Å². The first-order chi connectivity index (χ1) is 12.1. The van der Waals surface area contributed by atoms with Gasteiger partial charge in [0.25, 0.3) is 0 Å². The first kappa shape index (κ1) is 16.2. The zero-order chi connectivity index (χ0) is 17.4. The summed E-state index contributed by atoms with van der Waals surface area (Å²) in [6.07, 6.45) is 3.57. The van der Waals surface area contributed by atoms with Crippen molar-refractivity contribution in [3.8, 4) is 5.75 Å². The Labute approximate surface area is 149 Å². The Kier molecular flexibility index (Phi) is 4.24. The third-order valence-electron chi connectivity index (χ3n) is 5.39. The summed E-state index contributed by atoms with van der Waals surface area (Å²) >= 11 is 0. The van der Waals surface area contributed by atoms with E-state index in [0.717, 1.165) is 42.4 Å². The second kappa shape index (κ2) is 6.55. The van der Waals surface area contributed by atoms with Crippen molar-refractivity contribution >= 4 is 5.90 Å². The van der Waals surface area contributed by atoms with Crippen LogP contribution in [-0.4, -0.2) is 23.7 Å². The summed E-state index contributed by atoms with van der Waals surface area (Å²) in [6, 6.07) is 13.3. The van der Waals surface area contributed by atoms with Crippen molar-refractivity contribution in [3.05, 3.63) is 64.2 Å². The van der Waals surface area contributed by atoms with Gasteiger partial charge in [0, 0.05) is 0 Å². The van der Waals surface area contributed by atoms with Crippen LogP contribution in [0.25, 0.3) is 0 Å².